The van der Waals surface area contributed by atoms with Crippen molar-refractivity contribution in [3.63, 3.8) is 0 Å². The molecule has 1 unspecified atom stereocenters. The van der Waals surface area contributed by atoms with Crippen LogP contribution in [0, 0.1) is 5.82 Å². The van der Waals surface area contributed by atoms with Gasteiger partial charge in [-0.05, 0) is 25.1 Å². The highest BCUT2D eigenvalue weighted by molar-refractivity contribution is 6.39. The number of amides is 2. The van der Waals surface area contributed by atoms with Crippen molar-refractivity contribution in [2.75, 3.05) is 11.6 Å². The number of para-hydroxylation sites is 1. The van der Waals surface area contributed by atoms with Gasteiger partial charge in [-0.1, -0.05) is 36.4 Å². The Morgan fingerprint density at radius 1 is 1.20 bits per heavy atom. The summed E-state index contributed by atoms with van der Waals surface area (Å²) in [5.74, 6) is -1.17. The molecular formula is C18H17FN4O2. The average molecular weight is 340 g/mol. The minimum atomic E-state index is -0.541. The summed E-state index contributed by atoms with van der Waals surface area (Å²) in [6.45, 7) is 1.54. The molecule has 0 aliphatic carbocycles. The van der Waals surface area contributed by atoms with Crippen molar-refractivity contribution in [1.82, 2.24) is 10.7 Å². The van der Waals surface area contributed by atoms with E-state index in [0.717, 1.165) is 0 Å². The van der Waals surface area contributed by atoms with Gasteiger partial charge < -0.3 is 5.32 Å². The second kappa shape index (κ2) is 7.12. The minimum Gasteiger partial charge on any atom is -0.343 e. The van der Waals surface area contributed by atoms with Crippen LogP contribution in [-0.4, -0.2) is 24.2 Å². The van der Waals surface area contributed by atoms with E-state index in [-0.39, 0.29) is 18.3 Å². The van der Waals surface area contributed by atoms with E-state index in [0.29, 0.717) is 11.3 Å². The first-order valence-electron chi connectivity index (χ1n) is 7.80. The summed E-state index contributed by atoms with van der Waals surface area (Å²) in [6, 6.07) is 14.6. The van der Waals surface area contributed by atoms with Crippen LogP contribution in [0.5, 0.6) is 0 Å². The van der Waals surface area contributed by atoms with E-state index in [1.807, 2.05) is 6.07 Å². The molecule has 0 bridgehead atoms. The van der Waals surface area contributed by atoms with Crippen LogP contribution in [0.4, 0.5) is 10.1 Å². The van der Waals surface area contributed by atoms with Gasteiger partial charge in [0.05, 0.1) is 11.7 Å². The summed E-state index contributed by atoms with van der Waals surface area (Å²) in [4.78, 5) is 28.4. The second-order valence-electron chi connectivity index (χ2n) is 5.56. The molecular weight excluding hydrogens is 323 g/mol. The molecule has 2 N–H and O–H groups in total. The second-order valence-corrected chi connectivity index (χ2v) is 5.56. The van der Waals surface area contributed by atoms with Crippen molar-refractivity contribution in [3.05, 3.63) is 66.0 Å². The number of nitrogens with one attached hydrogen (secondary N) is 2. The number of hydrogen-bond acceptors (Lipinski definition) is 4. The number of nitrogens with zero attached hydrogens (tertiary/aromatic N) is 2. The molecule has 0 spiro atoms. The Balaban J connectivity index is 1.72. The smallest absolute Gasteiger partial charge is 0.288 e. The lowest BCUT2D eigenvalue weighted by Gasteiger charge is -2.28. The maximum Gasteiger partial charge on any atom is 0.288 e. The number of carbonyl (C=O) groups is 2. The highest BCUT2D eigenvalue weighted by Gasteiger charge is 2.26. The van der Waals surface area contributed by atoms with Crippen LogP contribution >= 0.6 is 0 Å². The van der Waals surface area contributed by atoms with Gasteiger partial charge in [0, 0.05) is 5.56 Å². The largest absolute Gasteiger partial charge is 0.343 e. The van der Waals surface area contributed by atoms with Crippen LogP contribution in [0.2, 0.25) is 0 Å². The third kappa shape index (κ3) is 3.65. The Bertz CT molecular complexity index is 823. The Labute approximate surface area is 144 Å². The number of aliphatic imine (C=N–C) groups is 1. The van der Waals surface area contributed by atoms with Gasteiger partial charge in [0.25, 0.3) is 11.8 Å². The van der Waals surface area contributed by atoms with Gasteiger partial charge in [0.2, 0.25) is 5.84 Å². The molecule has 1 heterocycles. The fraction of sp³-hybridized carbons (Fsp3) is 0.167. The van der Waals surface area contributed by atoms with Crippen LogP contribution in [0.3, 0.4) is 0 Å². The van der Waals surface area contributed by atoms with E-state index in [4.69, 9.17) is 0 Å². The van der Waals surface area contributed by atoms with Gasteiger partial charge in [-0.25, -0.2) is 9.40 Å². The maximum absolute atomic E-state index is 13.8. The minimum absolute atomic E-state index is 0.00615. The molecule has 0 saturated heterocycles. The van der Waals surface area contributed by atoms with Crippen molar-refractivity contribution in [3.8, 4) is 0 Å². The number of hydrazine groups is 1. The Morgan fingerprint density at radius 3 is 2.60 bits per heavy atom. The maximum atomic E-state index is 13.8. The predicted molar refractivity (Wildman–Crippen MR) is 92.3 cm³/mol. The fourth-order valence-electron chi connectivity index (χ4n) is 2.50. The van der Waals surface area contributed by atoms with Crippen molar-refractivity contribution in [2.24, 2.45) is 4.99 Å². The Morgan fingerprint density at radius 2 is 1.88 bits per heavy atom. The molecule has 0 fully saturated rings. The molecule has 0 saturated carbocycles. The van der Waals surface area contributed by atoms with E-state index >= 15 is 0 Å². The van der Waals surface area contributed by atoms with Gasteiger partial charge in [-0.2, -0.15) is 0 Å². The molecule has 1 aliphatic heterocycles. The van der Waals surface area contributed by atoms with E-state index in [1.54, 1.807) is 49.4 Å². The average Bonchev–Trinajstić information content (AvgIpc) is 2.63. The van der Waals surface area contributed by atoms with Crippen LogP contribution in [-0.2, 0) is 9.59 Å². The summed E-state index contributed by atoms with van der Waals surface area (Å²) >= 11 is 0. The highest BCUT2D eigenvalue weighted by atomic mass is 19.1. The number of rotatable bonds is 4. The van der Waals surface area contributed by atoms with E-state index in [9.17, 15) is 14.0 Å². The number of anilines is 1. The molecule has 0 radical (unpaired) electrons. The van der Waals surface area contributed by atoms with Gasteiger partial charge in [-0.3, -0.25) is 20.0 Å². The first kappa shape index (κ1) is 16.6. The molecule has 0 aromatic heterocycles. The summed E-state index contributed by atoms with van der Waals surface area (Å²) < 4.78 is 13.8. The molecule has 2 aromatic rings. The van der Waals surface area contributed by atoms with E-state index in [1.165, 1.54) is 11.1 Å². The van der Waals surface area contributed by atoms with Gasteiger partial charge >= 0.3 is 0 Å². The number of carbonyl (C=O) groups excluding carboxylic acids is 2. The summed E-state index contributed by atoms with van der Waals surface area (Å²) in [6.07, 6.45) is 0. The summed E-state index contributed by atoms with van der Waals surface area (Å²) in [5, 5.41) is 3.96. The van der Waals surface area contributed by atoms with Gasteiger partial charge in [0.15, 0.2) is 0 Å². The first-order chi connectivity index (χ1) is 12.1. The normalized spacial score (nSPS) is 15.2. The lowest BCUT2D eigenvalue weighted by atomic mass is 10.1. The number of benzene rings is 2. The molecule has 128 valence electrons. The topological polar surface area (TPSA) is 73.8 Å². The molecule has 7 heteroatoms. The molecule has 25 heavy (non-hydrogen) atoms. The standard InChI is InChI=1S/C18H17FN4O2/c1-12(14-9-5-6-10-15(14)19)21-18(25)17-20-11-16(24)23(22-17)13-7-3-2-4-8-13/h2-10,12H,11H2,1H3,(H,20,22)(H,21,25). The zero-order valence-electron chi connectivity index (χ0n) is 13.6. The molecule has 1 atom stereocenters. The molecule has 2 amide bonds. The van der Waals surface area contributed by atoms with Crippen LogP contribution in [0.25, 0.3) is 0 Å². The van der Waals surface area contributed by atoms with Crippen molar-refractivity contribution in [2.45, 2.75) is 13.0 Å². The first-order valence-corrected chi connectivity index (χ1v) is 7.80. The fourth-order valence-corrected chi connectivity index (χ4v) is 2.50. The quantitative estimate of drug-likeness (QED) is 0.893. The summed E-state index contributed by atoms with van der Waals surface area (Å²) in [7, 11) is 0. The van der Waals surface area contributed by atoms with Crippen molar-refractivity contribution < 1.29 is 14.0 Å². The number of halogens is 1. The third-order valence-electron chi connectivity index (χ3n) is 3.79. The predicted octanol–water partition coefficient (Wildman–Crippen LogP) is 1.95. The van der Waals surface area contributed by atoms with Crippen LogP contribution < -0.4 is 15.8 Å². The third-order valence-corrected chi connectivity index (χ3v) is 3.79. The lowest BCUT2D eigenvalue weighted by Crippen LogP contribution is -2.56. The Kier molecular flexibility index (Phi) is 4.74. The molecule has 6 nitrogen and oxygen atoms in total. The van der Waals surface area contributed by atoms with E-state index < -0.39 is 17.8 Å². The Hall–Kier alpha value is -3.22. The lowest BCUT2D eigenvalue weighted by molar-refractivity contribution is -0.118. The molecule has 2 aromatic carbocycles. The highest BCUT2D eigenvalue weighted by Crippen LogP contribution is 2.16. The molecule has 3 rings (SSSR count). The number of hydrogen-bond donors (Lipinski definition) is 2. The van der Waals surface area contributed by atoms with Crippen LogP contribution in [0.1, 0.15) is 18.5 Å². The zero-order chi connectivity index (χ0) is 17.8. The van der Waals surface area contributed by atoms with Gasteiger partial charge in [0.1, 0.15) is 12.4 Å². The SMILES string of the molecule is CC(NC(=O)C1=NCC(=O)N(c2ccccc2)N1)c1ccccc1F. The zero-order valence-corrected chi connectivity index (χ0v) is 13.6. The molecule has 1 aliphatic rings. The van der Waals surface area contributed by atoms with Crippen molar-refractivity contribution >= 4 is 23.3 Å². The van der Waals surface area contributed by atoms with Crippen molar-refractivity contribution in [1.29, 1.82) is 0 Å². The van der Waals surface area contributed by atoms with Crippen LogP contribution in [0.15, 0.2) is 59.6 Å². The summed E-state index contributed by atoms with van der Waals surface area (Å²) in [5.41, 5.74) is 3.70. The number of amidine groups is 1. The van der Waals surface area contributed by atoms with Gasteiger partial charge in [-0.15, -0.1) is 0 Å². The monoisotopic (exact) mass is 340 g/mol. The van der Waals surface area contributed by atoms with E-state index in [2.05, 4.69) is 15.7 Å².